The molecule has 0 amide bonds. The largest absolute Gasteiger partial charge is 0.355 e. The molecular formula is C28H21N. The van der Waals surface area contributed by atoms with Gasteiger partial charge in [-0.25, -0.2) is 0 Å². The van der Waals surface area contributed by atoms with Gasteiger partial charge in [0.1, 0.15) is 0 Å². The molecule has 5 aromatic carbocycles. The molecule has 0 radical (unpaired) electrons. The van der Waals surface area contributed by atoms with Crippen molar-refractivity contribution in [3.05, 3.63) is 121 Å². The molecule has 0 atom stereocenters. The number of rotatable bonds is 4. The van der Waals surface area contributed by atoms with Crippen LogP contribution in [0.25, 0.3) is 33.0 Å². The first kappa shape index (κ1) is 17.3. The Morgan fingerprint density at radius 3 is 1.62 bits per heavy atom. The molecule has 0 spiro atoms. The summed E-state index contributed by atoms with van der Waals surface area (Å²) in [5.41, 5.74) is 7.15. The first-order valence-electron chi connectivity index (χ1n) is 9.88. The smallest absolute Gasteiger partial charge is 0.0464 e. The van der Waals surface area contributed by atoms with Crippen LogP contribution in [-0.4, -0.2) is 0 Å². The third-order valence-electron chi connectivity index (χ3n) is 5.28. The van der Waals surface area contributed by atoms with Gasteiger partial charge in [-0.05, 0) is 45.8 Å². The zero-order chi connectivity index (χ0) is 19.5. The first-order chi connectivity index (χ1) is 14.4. The van der Waals surface area contributed by atoms with E-state index in [4.69, 9.17) is 0 Å². The van der Waals surface area contributed by atoms with Crippen LogP contribution in [0.2, 0.25) is 0 Å². The van der Waals surface area contributed by atoms with E-state index in [9.17, 15) is 0 Å². The quantitative estimate of drug-likeness (QED) is 0.338. The van der Waals surface area contributed by atoms with Gasteiger partial charge in [0.05, 0.1) is 0 Å². The van der Waals surface area contributed by atoms with Crippen molar-refractivity contribution in [2.45, 2.75) is 0 Å². The Morgan fingerprint density at radius 2 is 0.931 bits per heavy atom. The van der Waals surface area contributed by atoms with Crippen LogP contribution in [0.1, 0.15) is 0 Å². The predicted molar refractivity (Wildman–Crippen MR) is 125 cm³/mol. The van der Waals surface area contributed by atoms with Crippen molar-refractivity contribution in [2.75, 3.05) is 5.32 Å². The molecule has 0 unspecified atom stereocenters. The van der Waals surface area contributed by atoms with Crippen molar-refractivity contribution in [3.63, 3.8) is 0 Å². The highest BCUT2D eigenvalue weighted by atomic mass is 14.9. The second kappa shape index (κ2) is 7.65. The molecule has 5 aromatic rings. The van der Waals surface area contributed by atoms with Crippen LogP contribution >= 0.6 is 0 Å². The van der Waals surface area contributed by atoms with Crippen molar-refractivity contribution >= 4 is 22.1 Å². The summed E-state index contributed by atoms with van der Waals surface area (Å²) in [6, 6.07) is 42.6. The van der Waals surface area contributed by atoms with E-state index >= 15 is 0 Å². The van der Waals surface area contributed by atoms with Crippen LogP contribution < -0.4 is 5.32 Å². The molecule has 0 saturated carbocycles. The van der Waals surface area contributed by atoms with Gasteiger partial charge in [0.15, 0.2) is 0 Å². The van der Waals surface area contributed by atoms with Gasteiger partial charge in [0, 0.05) is 16.8 Å². The Labute approximate surface area is 171 Å². The SMILES string of the molecule is c1ccc(-c2ccc(Nc3ccc(-c4ccccc4)c4ccccc34)cc2)cc1. The van der Waals surface area contributed by atoms with E-state index in [1.807, 2.05) is 6.07 Å². The lowest BCUT2D eigenvalue weighted by Gasteiger charge is -2.14. The molecule has 0 heterocycles. The van der Waals surface area contributed by atoms with E-state index < -0.39 is 0 Å². The Balaban J connectivity index is 1.50. The summed E-state index contributed by atoms with van der Waals surface area (Å²) in [7, 11) is 0. The monoisotopic (exact) mass is 371 g/mol. The van der Waals surface area contributed by atoms with Crippen LogP contribution in [0.5, 0.6) is 0 Å². The van der Waals surface area contributed by atoms with Crippen LogP contribution in [0.4, 0.5) is 11.4 Å². The summed E-state index contributed by atoms with van der Waals surface area (Å²) in [5, 5.41) is 6.08. The lowest BCUT2D eigenvalue weighted by atomic mass is 9.97. The molecule has 5 rings (SSSR count). The topological polar surface area (TPSA) is 12.0 Å². The molecule has 0 bridgehead atoms. The Kier molecular flexibility index (Phi) is 4.56. The summed E-state index contributed by atoms with van der Waals surface area (Å²) in [6.45, 7) is 0. The zero-order valence-electron chi connectivity index (χ0n) is 16.0. The number of hydrogen-bond donors (Lipinski definition) is 1. The molecule has 0 aromatic heterocycles. The first-order valence-corrected chi connectivity index (χ1v) is 9.88. The molecular weight excluding hydrogens is 350 g/mol. The van der Waals surface area contributed by atoms with Crippen LogP contribution in [-0.2, 0) is 0 Å². The summed E-state index contributed by atoms with van der Waals surface area (Å²) in [4.78, 5) is 0. The Bertz CT molecular complexity index is 1240. The number of benzene rings is 5. The average Bonchev–Trinajstić information content (AvgIpc) is 2.81. The second-order valence-electron chi connectivity index (χ2n) is 7.14. The van der Waals surface area contributed by atoms with Crippen molar-refractivity contribution in [1.82, 2.24) is 0 Å². The van der Waals surface area contributed by atoms with Crippen molar-refractivity contribution < 1.29 is 0 Å². The van der Waals surface area contributed by atoms with Gasteiger partial charge in [-0.1, -0.05) is 103 Å². The summed E-state index contributed by atoms with van der Waals surface area (Å²) in [5.74, 6) is 0. The van der Waals surface area contributed by atoms with E-state index in [1.54, 1.807) is 0 Å². The molecule has 0 aliphatic rings. The van der Waals surface area contributed by atoms with E-state index in [1.165, 1.54) is 33.0 Å². The molecule has 29 heavy (non-hydrogen) atoms. The molecule has 1 N–H and O–H groups in total. The fourth-order valence-corrected chi connectivity index (χ4v) is 3.81. The predicted octanol–water partition coefficient (Wildman–Crippen LogP) is 7.92. The van der Waals surface area contributed by atoms with Crippen molar-refractivity contribution in [3.8, 4) is 22.3 Å². The third kappa shape index (κ3) is 3.51. The maximum atomic E-state index is 3.60. The van der Waals surface area contributed by atoms with Gasteiger partial charge in [0.2, 0.25) is 0 Å². The highest BCUT2D eigenvalue weighted by molar-refractivity contribution is 6.04. The molecule has 138 valence electrons. The Morgan fingerprint density at radius 1 is 0.379 bits per heavy atom. The summed E-state index contributed by atoms with van der Waals surface area (Å²) < 4.78 is 0. The van der Waals surface area contributed by atoms with Gasteiger partial charge in [-0.15, -0.1) is 0 Å². The summed E-state index contributed by atoms with van der Waals surface area (Å²) in [6.07, 6.45) is 0. The van der Waals surface area contributed by atoms with E-state index in [2.05, 4.69) is 121 Å². The van der Waals surface area contributed by atoms with Crippen LogP contribution in [0.3, 0.4) is 0 Å². The maximum Gasteiger partial charge on any atom is 0.0464 e. The number of hydrogen-bond acceptors (Lipinski definition) is 1. The van der Waals surface area contributed by atoms with Gasteiger partial charge in [-0.3, -0.25) is 0 Å². The van der Waals surface area contributed by atoms with Gasteiger partial charge < -0.3 is 5.32 Å². The molecule has 0 saturated heterocycles. The number of anilines is 2. The van der Waals surface area contributed by atoms with Crippen LogP contribution in [0, 0.1) is 0 Å². The minimum absolute atomic E-state index is 1.09. The third-order valence-corrected chi connectivity index (χ3v) is 5.28. The minimum Gasteiger partial charge on any atom is -0.355 e. The van der Waals surface area contributed by atoms with Gasteiger partial charge in [-0.2, -0.15) is 0 Å². The second-order valence-corrected chi connectivity index (χ2v) is 7.14. The summed E-state index contributed by atoms with van der Waals surface area (Å²) >= 11 is 0. The highest BCUT2D eigenvalue weighted by Gasteiger charge is 2.08. The van der Waals surface area contributed by atoms with E-state index in [0.717, 1.165) is 11.4 Å². The van der Waals surface area contributed by atoms with Crippen molar-refractivity contribution in [2.24, 2.45) is 0 Å². The van der Waals surface area contributed by atoms with E-state index in [0.29, 0.717) is 0 Å². The average molecular weight is 371 g/mol. The standard InChI is InChI=1S/C28H21N/c1-3-9-21(10-4-1)22-15-17-24(18-16-22)29-28-20-19-25(23-11-5-2-6-12-23)26-13-7-8-14-27(26)28/h1-20,29H. The fourth-order valence-electron chi connectivity index (χ4n) is 3.81. The van der Waals surface area contributed by atoms with Gasteiger partial charge >= 0.3 is 0 Å². The van der Waals surface area contributed by atoms with Crippen LogP contribution in [0.15, 0.2) is 121 Å². The van der Waals surface area contributed by atoms with Crippen molar-refractivity contribution in [1.29, 1.82) is 0 Å². The lowest BCUT2D eigenvalue weighted by molar-refractivity contribution is 1.56. The molecule has 0 fully saturated rings. The molecule has 1 heteroatoms. The molecule has 1 nitrogen and oxygen atoms in total. The fraction of sp³-hybridized carbons (Fsp3) is 0. The molecule has 0 aliphatic heterocycles. The van der Waals surface area contributed by atoms with E-state index in [-0.39, 0.29) is 0 Å². The normalized spacial score (nSPS) is 10.8. The maximum absolute atomic E-state index is 3.60. The molecule has 0 aliphatic carbocycles. The number of nitrogens with one attached hydrogen (secondary N) is 1. The Hall–Kier alpha value is -3.84. The highest BCUT2D eigenvalue weighted by Crippen LogP contribution is 2.34. The minimum atomic E-state index is 1.09. The van der Waals surface area contributed by atoms with Gasteiger partial charge in [0.25, 0.3) is 0 Å². The lowest BCUT2D eigenvalue weighted by Crippen LogP contribution is -1.93. The zero-order valence-corrected chi connectivity index (χ0v) is 16.0. The number of fused-ring (bicyclic) bond motifs is 1.